The predicted octanol–water partition coefficient (Wildman–Crippen LogP) is 0.782. The Balaban J connectivity index is 1.41. The SMILES string of the molecule is O=C1C2C=CC=CC2C(=O)N1COC1CN2CCC1CC2. The van der Waals surface area contributed by atoms with E-state index < -0.39 is 0 Å². The second-order valence-corrected chi connectivity index (χ2v) is 6.40. The summed E-state index contributed by atoms with van der Waals surface area (Å²) in [5.74, 6) is -0.293. The highest BCUT2D eigenvalue weighted by molar-refractivity contribution is 6.07. The van der Waals surface area contributed by atoms with Crippen molar-refractivity contribution < 1.29 is 14.3 Å². The lowest BCUT2D eigenvalue weighted by Gasteiger charge is -2.44. The van der Waals surface area contributed by atoms with Crippen molar-refractivity contribution in [1.82, 2.24) is 9.80 Å². The van der Waals surface area contributed by atoms with Crippen LogP contribution in [0.1, 0.15) is 12.8 Å². The molecule has 3 unspecified atom stereocenters. The van der Waals surface area contributed by atoms with Crippen molar-refractivity contribution in [2.75, 3.05) is 26.4 Å². The van der Waals surface area contributed by atoms with Crippen molar-refractivity contribution in [1.29, 1.82) is 0 Å². The Bertz CT molecular complexity index is 490. The van der Waals surface area contributed by atoms with Crippen LogP contribution in [-0.4, -0.2) is 54.1 Å². The smallest absolute Gasteiger partial charge is 0.239 e. The van der Waals surface area contributed by atoms with Crippen molar-refractivity contribution >= 4 is 11.8 Å². The van der Waals surface area contributed by atoms with Crippen LogP contribution in [0.3, 0.4) is 0 Å². The number of piperidine rings is 3. The van der Waals surface area contributed by atoms with Crippen LogP contribution >= 0.6 is 0 Å². The van der Waals surface area contributed by atoms with Crippen LogP contribution in [0.5, 0.6) is 0 Å². The summed E-state index contributed by atoms with van der Waals surface area (Å²) < 4.78 is 5.94. The Morgan fingerprint density at radius 3 is 2.19 bits per heavy atom. The minimum Gasteiger partial charge on any atom is -0.356 e. The van der Waals surface area contributed by atoms with Gasteiger partial charge in [-0.2, -0.15) is 0 Å². The molecule has 112 valence electrons. The third kappa shape index (κ3) is 2.15. The van der Waals surface area contributed by atoms with Crippen molar-refractivity contribution in [3.63, 3.8) is 0 Å². The van der Waals surface area contributed by atoms with E-state index in [0.29, 0.717) is 5.92 Å². The summed E-state index contributed by atoms with van der Waals surface area (Å²) in [6.45, 7) is 3.37. The number of imide groups is 1. The van der Waals surface area contributed by atoms with Crippen molar-refractivity contribution in [2.45, 2.75) is 18.9 Å². The summed E-state index contributed by atoms with van der Waals surface area (Å²) in [6.07, 6.45) is 9.82. The van der Waals surface area contributed by atoms with Crippen LogP contribution in [0, 0.1) is 17.8 Å². The average Bonchev–Trinajstić information content (AvgIpc) is 2.79. The molecular weight excluding hydrogens is 268 g/mol. The topological polar surface area (TPSA) is 49.9 Å². The fourth-order valence-electron chi connectivity index (χ4n) is 3.94. The van der Waals surface area contributed by atoms with Gasteiger partial charge in [0.05, 0.1) is 17.9 Å². The Morgan fingerprint density at radius 1 is 1.05 bits per heavy atom. The number of likely N-dealkylation sites (tertiary alicyclic amines) is 1. The highest BCUT2D eigenvalue weighted by atomic mass is 16.5. The summed E-state index contributed by atoms with van der Waals surface area (Å²) in [4.78, 5) is 28.3. The molecular formula is C16H20N2O3. The highest BCUT2D eigenvalue weighted by Gasteiger charge is 2.46. The van der Waals surface area contributed by atoms with Gasteiger partial charge in [0.2, 0.25) is 11.8 Å². The normalized spacial score (nSPS) is 41.0. The third-order valence-corrected chi connectivity index (χ3v) is 5.25. The summed E-state index contributed by atoms with van der Waals surface area (Å²) >= 11 is 0. The zero-order valence-corrected chi connectivity index (χ0v) is 12.0. The van der Waals surface area contributed by atoms with Gasteiger partial charge in [0, 0.05) is 6.54 Å². The summed E-state index contributed by atoms with van der Waals surface area (Å²) in [5.41, 5.74) is 0. The molecule has 5 nitrogen and oxygen atoms in total. The molecule has 0 aromatic heterocycles. The van der Waals surface area contributed by atoms with Crippen LogP contribution < -0.4 is 0 Å². The molecule has 0 aromatic rings. The first-order valence-corrected chi connectivity index (χ1v) is 7.78. The van der Waals surface area contributed by atoms with E-state index in [1.165, 1.54) is 17.7 Å². The summed E-state index contributed by atoms with van der Waals surface area (Å²) in [7, 11) is 0. The van der Waals surface area contributed by atoms with Gasteiger partial charge >= 0.3 is 0 Å². The molecule has 21 heavy (non-hydrogen) atoms. The fraction of sp³-hybridized carbons (Fsp3) is 0.625. The molecule has 2 bridgehead atoms. The molecule has 0 radical (unpaired) electrons. The van der Waals surface area contributed by atoms with Crippen LogP contribution in [0.4, 0.5) is 0 Å². The number of rotatable bonds is 3. The summed E-state index contributed by atoms with van der Waals surface area (Å²) in [5, 5.41) is 0. The number of hydrogen-bond donors (Lipinski definition) is 0. The van der Waals surface area contributed by atoms with Gasteiger partial charge in [0.25, 0.3) is 0 Å². The second-order valence-electron chi connectivity index (χ2n) is 6.40. The Hall–Kier alpha value is -1.46. The second kappa shape index (κ2) is 5.07. The zero-order chi connectivity index (χ0) is 14.4. The number of carbonyl (C=O) groups is 2. The van der Waals surface area contributed by atoms with E-state index in [1.807, 2.05) is 24.3 Å². The monoisotopic (exact) mass is 288 g/mol. The number of amides is 2. The van der Waals surface area contributed by atoms with Crippen molar-refractivity contribution in [3.8, 4) is 0 Å². The van der Waals surface area contributed by atoms with Crippen LogP contribution in [0.15, 0.2) is 24.3 Å². The Morgan fingerprint density at radius 2 is 1.67 bits per heavy atom. The van der Waals surface area contributed by atoms with Gasteiger partial charge in [-0.15, -0.1) is 0 Å². The molecule has 1 aliphatic carbocycles. The molecule has 0 saturated carbocycles. The standard InChI is InChI=1S/C16H20N2O3/c19-15-12-3-1-2-4-13(12)16(20)18(15)10-21-14-9-17-7-5-11(14)6-8-17/h1-4,11-14H,5-10H2. The Kier molecular flexibility index (Phi) is 3.19. The van der Waals surface area contributed by atoms with Crippen LogP contribution in [0.25, 0.3) is 0 Å². The fourth-order valence-corrected chi connectivity index (χ4v) is 3.94. The van der Waals surface area contributed by atoms with Gasteiger partial charge in [-0.3, -0.25) is 14.5 Å². The van der Waals surface area contributed by atoms with E-state index in [9.17, 15) is 9.59 Å². The molecule has 4 saturated heterocycles. The van der Waals surface area contributed by atoms with E-state index in [0.717, 1.165) is 19.6 Å². The number of ether oxygens (including phenoxy) is 1. The maximum absolute atomic E-state index is 12.3. The van der Waals surface area contributed by atoms with Crippen molar-refractivity contribution in [3.05, 3.63) is 24.3 Å². The van der Waals surface area contributed by atoms with Gasteiger partial charge in [-0.05, 0) is 31.8 Å². The van der Waals surface area contributed by atoms with Gasteiger partial charge < -0.3 is 9.64 Å². The molecule has 0 N–H and O–H groups in total. The maximum atomic E-state index is 12.3. The molecule has 0 aromatic carbocycles. The van der Waals surface area contributed by atoms with Crippen molar-refractivity contribution in [2.24, 2.45) is 17.8 Å². The minimum atomic E-state index is -0.322. The molecule has 2 amide bonds. The van der Waals surface area contributed by atoms with E-state index in [-0.39, 0.29) is 36.5 Å². The molecule has 3 atom stereocenters. The number of nitrogens with zero attached hydrogens (tertiary/aromatic N) is 2. The van der Waals surface area contributed by atoms with E-state index in [2.05, 4.69) is 4.90 Å². The highest BCUT2D eigenvalue weighted by Crippen LogP contribution is 2.33. The molecule has 4 heterocycles. The molecule has 4 fully saturated rings. The van der Waals surface area contributed by atoms with Gasteiger partial charge in [-0.1, -0.05) is 24.3 Å². The average molecular weight is 288 g/mol. The van der Waals surface area contributed by atoms with E-state index in [1.54, 1.807) is 0 Å². The first-order valence-electron chi connectivity index (χ1n) is 7.78. The molecule has 5 heteroatoms. The van der Waals surface area contributed by atoms with Gasteiger partial charge in [0.15, 0.2) is 0 Å². The lowest BCUT2D eigenvalue weighted by atomic mass is 9.86. The largest absolute Gasteiger partial charge is 0.356 e. The van der Waals surface area contributed by atoms with E-state index in [4.69, 9.17) is 4.74 Å². The van der Waals surface area contributed by atoms with Crippen LogP contribution in [0.2, 0.25) is 0 Å². The minimum absolute atomic E-state index is 0.112. The molecule has 0 spiro atoms. The first kappa shape index (κ1) is 13.2. The molecule has 5 aliphatic rings. The lowest BCUT2D eigenvalue weighted by Crippen LogP contribution is -2.52. The Labute approximate surface area is 124 Å². The number of hydrogen-bond acceptors (Lipinski definition) is 4. The maximum Gasteiger partial charge on any atom is 0.239 e. The zero-order valence-electron chi connectivity index (χ0n) is 12.0. The lowest BCUT2D eigenvalue weighted by molar-refractivity contribution is -0.153. The van der Waals surface area contributed by atoms with Crippen LogP contribution in [-0.2, 0) is 14.3 Å². The third-order valence-electron chi connectivity index (χ3n) is 5.25. The number of allylic oxidation sites excluding steroid dienone is 2. The van der Waals surface area contributed by atoms with E-state index >= 15 is 0 Å². The van der Waals surface area contributed by atoms with Gasteiger partial charge in [-0.25, -0.2) is 0 Å². The number of fused-ring (bicyclic) bond motifs is 4. The summed E-state index contributed by atoms with van der Waals surface area (Å²) in [6, 6.07) is 0. The molecule has 4 aliphatic heterocycles. The van der Waals surface area contributed by atoms with Gasteiger partial charge in [0.1, 0.15) is 6.73 Å². The first-order chi connectivity index (χ1) is 10.2. The number of carbonyl (C=O) groups excluding carboxylic acids is 2. The predicted molar refractivity (Wildman–Crippen MR) is 76.0 cm³/mol. The quantitative estimate of drug-likeness (QED) is 0.720. The molecule has 5 rings (SSSR count).